The van der Waals surface area contributed by atoms with Gasteiger partial charge in [0.1, 0.15) is 17.6 Å². The van der Waals surface area contributed by atoms with Gasteiger partial charge in [-0.1, -0.05) is 6.08 Å². The minimum Gasteiger partial charge on any atom is -0.379 e. The maximum absolute atomic E-state index is 14.2. The molecule has 3 aliphatic rings. The first-order valence-corrected chi connectivity index (χ1v) is 9.86. The van der Waals surface area contributed by atoms with Crippen LogP contribution in [0.3, 0.4) is 0 Å². The number of fused-ring (bicyclic) bond motifs is 3. The SMILES string of the molecule is Cc1nc2n(c(=O)c1CCC(=O)NCCN1CCOCC1)N=C1C=CC=C(F)C12. The predicted molar refractivity (Wildman–Crippen MR) is 106 cm³/mol. The van der Waals surface area contributed by atoms with Crippen molar-refractivity contribution < 1.29 is 13.9 Å². The van der Waals surface area contributed by atoms with Gasteiger partial charge in [-0.2, -0.15) is 9.78 Å². The monoisotopic (exact) mass is 401 g/mol. The van der Waals surface area contributed by atoms with Crippen LogP contribution in [0.4, 0.5) is 4.39 Å². The molecule has 0 saturated carbocycles. The van der Waals surface area contributed by atoms with Gasteiger partial charge in [-0.15, -0.1) is 0 Å². The number of carbonyl (C=O) groups excluding carboxylic acids is 1. The van der Waals surface area contributed by atoms with Crippen molar-refractivity contribution >= 4 is 11.6 Å². The van der Waals surface area contributed by atoms with Crippen molar-refractivity contribution in [2.45, 2.75) is 25.7 Å². The molecule has 0 bridgehead atoms. The molecular weight excluding hydrogens is 377 g/mol. The third-order valence-corrected chi connectivity index (χ3v) is 5.41. The Balaban J connectivity index is 1.38. The van der Waals surface area contributed by atoms with Crippen LogP contribution in [0.5, 0.6) is 0 Å². The van der Waals surface area contributed by atoms with Crippen LogP contribution in [-0.2, 0) is 16.0 Å². The summed E-state index contributed by atoms with van der Waals surface area (Å²) in [5.74, 6) is -0.918. The fraction of sp³-hybridized carbons (Fsp3) is 0.500. The van der Waals surface area contributed by atoms with E-state index >= 15 is 0 Å². The molecule has 3 heterocycles. The number of aryl methyl sites for hydroxylation is 1. The summed E-state index contributed by atoms with van der Waals surface area (Å²) < 4.78 is 20.7. The fourth-order valence-electron chi connectivity index (χ4n) is 3.78. The molecule has 9 heteroatoms. The van der Waals surface area contributed by atoms with Crippen LogP contribution in [0.2, 0.25) is 0 Å². The molecule has 1 aliphatic carbocycles. The van der Waals surface area contributed by atoms with E-state index < -0.39 is 5.92 Å². The van der Waals surface area contributed by atoms with Crippen LogP contribution in [0.15, 0.2) is 34.0 Å². The second kappa shape index (κ2) is 8.38. The molecule has 0 spiro atoms. The van der Waals surface area contributed by atoms with Gasteiger partial charge in [0, 0.05) is 43.9 Å². The number of rotatable bonds is 6. The Morgan fingerprint density at radius 2 is 2.17 bits per heavy atom. The van der Waals surface area contributed by atoms with Crippen molar-refractivity contribution in [2.24, 2.45) is 5.10 Å². The molecule has 1 aromatic heterocycles. The van der Waals surface area contributed by atoms with Gasteiger partial charge in [0.2, 0.25) is 5.91 Å². The van der Waals surface area contributed by atoms with E-state index in [1.165, 1.54) is 10.8 Å². The molecule has 1 saturated heterocycles. The molecule has 2 aliphatic heterocycles. The van der Waals surface area contributed by atoms with Gasteiger partial charge < -0.3 is 10.1 Å². The highest BCUT2D eigenvalue weighted by atomic mass is 19.1. The molecule has 1 unspecified atom stereocenters. The van der Waals surface area contributed by atoms with Crippen LogP contribution >= 0.6 is 0 Å². The molecule has 29 heavy (non-hydrogen) atoms. The first kappa shape index (κ1) is 19.7. The Labute approximate surface area is 167 Å². The summed E-state index contributed by atoms with van der Waals surface area (Å²) in [6.07, 6.45) is 5.06. The summed E-state index contributed by atoms with van der Waals surface area (Å²) in [7, 11) is 0. The van der Waals surface area contributed by atoms with Gasteiger partial charge in [-0.25, -0.2) is 9.37 Å². The standard InChI is InChI=1S/C20H24FN5O3/c1-13-14(5-6-17(27)22-7-8-25-9-11-29-12-10-25)20(28)26-19(23-13)18-15(21)3-2-4-16(18)24-26/h2-4,18H,5-12H2,1H3,(H,22,27). The first-order chi connectivity index (χ1) is 14.0. The van der Waals surface area contributed by atoms with Crippen molar-refractivity contribution in [2.75, 3.05) is 39.4 Å². The number of allylic oxidation sites excluding steroid dienone is 4. The van der Waals surface area contributed by atoms with Crippen LogP contribution in [0, 0.1) is 6.92 Å². The summed E-state index contributed by atoms with van der Waals surface area (Å²) in [6.45, 7) is 6.26. The van der Waals surface area contributed by atoms with Crippen molar-refractivity contribution in [3.63, 3.8) is 0 Å². The summed E-state index contributed by atoms with van der Waals surface area (Å²) >= 11 is 0. The normalized spacial score (nSPS) is 20.7. The molecule has 4 rings (SSSR count). The average molecular weight is 401 g/mol. The molecule has 1 fully saturated rings. The summed E-state index contributed by atoms with van der Waals surface area (Å²) in [6, 6.07) is 0. The fourth-order valence-corrected chi connectivity index (χ4v) is 3.78. The maximum atomic E-state index is 14.2. The number of nitrogens with one attached hydrogen (secondary N) is 1. The zero-order valence-electron chi connectivity index (χ0n) is 16.4. The Morgan fingerprint density at radius 1 is 1.38 bits per heavy atom. The summed E-state index contributed by atoms with van der Waals surface area (Å²) in [4.78, 5) is 31.7. The smallest absolute Gasteiger partial charge is 0.277 e. The first-order valence-electron chi connectivity index (χ1n) is 9.86. The lowest BCUT2D eigenvalue weighted by atomic mass is 9.97. The lowest BCUT2D eigenvalue weighted by Crippen LogP contribution is -2.41. The van der Waals surface area contributed by atoms with E-state index in [-0.39, 0.29) is 30.1 Å². The highest BCUT2D eigenvalue weighted by Gasteiger charge is 2.34. The molecule has 1 N–H and O–H groups in total. The molecule has 154 valence electrons. The van der Waals surface area contributed by atoms with E-state index in [2.05, 4.69) is 20.3 Å². The van der Waals surface area contributed by atoms with Crippen molar-refractivity contribution in [1.82, 2.24) is 19.9 Å². The number of hydrogen-bond acceptors (Lipinski definition) is 6. The molecule has 1 amide bonds. The number of aromatic nitrogens is 2. The third-order valence-electron chi connectivity index (χ3n) is 5.41. The van der Waals surface area contributed by atoms with Crippen LogP contribution in [-0.4, -0.2) is 65.6 Å². The van der Waals surface area contributed by atoms with E-state index in [0.29, 0.717) is 29.3 Å². The van der Waals surface area contributed by atoms with Gasteiger partial charge in [0.05, 0.1) is 18.9 Å². The zero-order chi connectivity index (χ0) is 20.4. The van der Waals surface area contributed by atoms with Gasteiger partial charge in [-0.05, 0) is 25.5 Å². The number of hydrogen-bond donors (Lipinski definition) is 1. The lowest BCUT2D eigenvalue weighted by molar-refractivity contribution is -0.121. The molecule has 1 atom stereocenters. The van der Waals surface area contributed by atoms with Crippen molar-refractivity contribution in [3.05, 3.63) is 51.5 Å². The van der Waals surface area contributed by atoms with E-state index in [9.17, 15) is 14.0 Å². The number of amides is 1. The van der Waals surface area contributed by atoms with Crippen LogP contribution in [0.25, 0.3) is 0 Å². The van der Waals surface area contributed by atoms with Gasteiger partial charge in [-0.3, -0.25) is 14.5 Å². The largest absolute Gasteiger partial charge is 0.379 e. The topological polar surface area (TPSA) is 88.8 Å². The quantitative estimate of drug-likeness (QED) is 0.757. The number of ether oxygens (including phenoxy) is 1. The van der Waals surface area contributed by atoms with E-state index in [1.54, 1.807) is 19.1 Å². The van der Waals surface area contributed by atoms with Gasteiger partial charge in [0.15, 0.2) is 0 Å². The Morgan fingerprint density at radius 3 is 2.97 bits per heavy atom. The molecular formula is C20H24FN5O3. The van der Waals surface area contributed by atoms with Crippen LogP contribution < -0.4 is 10.9 Å². The van der Waals surface area contributed by atoms with Crippen LogP contribution in [0.1, 0.15) is 29.4 Å². The van der Waals surface area contributed by atoms with Gasteiger partial charge >= 0.3 is 0 Å². The van der Waals surface area contributed by atoms with E-state index in [4.69, 9.17) is 4.74 Å². The zero-order valence-corrected chi connectivity index (χ0v) is 16.4. The van der Waals surface area contributed by atoms with Gasteiger partial charge in [0.25, 0.3) is 5.56 Å². The Bertz CT molecular complexity index is 960. The predicted octanol–water partition coefficient (Wildman–Crippen LogP) is 0.657. The number of halogens is 1. The highest BCUT2D eigenvalue weighted by Crippen LogP contribution is 2.33. The average Bonchev–Trinajstić information content (AvgIpc) is 3.08. The molecule has 8 nitrogen and oxygen atoms in total. The minimum absolute atomic E-state index is 0.112. The van der Waals surface area contributed by atoms with Crippen molar-refractivity contribution in [1.29, 1.82) is 0 Å². The molecule has 0 radical (unpaired) electrons. The second-order valence-electron chi connectivity index (χ2n) is 7.32. The Kier molecular flexibility index (Phi) is 5.68. The third kappa shape index (κ3) is 4.06. The van der Waals surface area contributed by atoms with E-state index in [1.807, 2.05) is 0 Å². The summed E-state index contributed by atoms with van der Waals surface area (Å²) in [5.41, 5.74) is 1.08. The highest BCUT2D eigenvalue weighted by molar-refractivity contribution is 6.04. The summed E-state index contributed by atoms with van der Waals surface area (Å²) in [5, 5.41) is 7.12. The number of morpholine rings is 1. The Hall–Kier alpha value is -2.65. The lowest BCUT2D eigenvalue weighted by Gasteiger charge is -2.26. The minimum atomic E-state index is -0.719. The maximum Gasteiger partial charge on any atom is 0.277 e. The van der Waals surface area contributed by atoms with E-state index in [0.717, 1.165) is 32.8 Å². The number of carbonyl (C=O) groups is 1. The molecule has 1 aromatic rings. The van der Waals surface area contributed by atoms with Crippen molar-refractivity contribution in [3.8, 4) is 0 Å². The molecule has 0 aromatic carbocycles. The number of nitrogens with zero attached hydrogens (tertiary/aromatic N) is 4. The second-order valence-corrected chi connectivity index (χ2v) is 7.32.